The van der Waals surface area contributed by atoms with E-state index in [0.717, 1.165) is 11.1 Å². The van der Waals surface area contributed by atoms with Crippen LogP contribution in [0.15, 0.2) is 72.8 Å². The summed E-state index contributed by atoms with van der Waals surface area (Å²) in [6, 6.07) is 21.1. The van der Waals surface area contributed by atoms with Crippen LogP contribution in [-0.4, -0.2) is 11.8 Å². The number of carbonyl (C=O) groups excluding carboxylic acids is 2. The van der Waals surface area contributed by atoms with Crippen LogP contribution in [0.2, 0.25) is 0 Å². The number of hydrogen-bond acceptors (Lipinski definition) is 3. The molecule has 0 saturated carbocycles. The van der Waals surface area contributed by atoms with Crippen LogP contribution in [0, 0.1) is 13.8 Å². The van der Waals surface area contributed by atoms with E-state index in [1.807, 2.05) is 44.2 Å². The zero-order valence-electron chi connectivity index (χ0n) is 14.2. The molecular formula is C22H18O3. The fourth-order valence-corrected chi connectivity index (χ4v) is 2.46. The molecule has 124 valence electrons. The van der Waals surface area contributed by atoms with Crippen molar-refractivity contribution < 1.29 is 14.3 Å². The second-order valence-corrected chi connectivity index (χ2v) is 5.91. The Kier molecular flexibility index (Phi) is 4.75. The van der Waals surface area contributed by atoms with Crippen molar-refractivity contribution in [3.63, 3.8) is 0 Å². The minimum atomic E-state index is -0.443. The molecule has 0 aliphatic rings. The van der Waals surface area contributed by atoms with Crippen molar-refractivity contribution in [2.24, 2.45) is 0 Å². The van der Waals surface area contributed by atoms with Gasteiger partial charge < -0.3 is 4.74 Å². The largest absolute Gasteiger partial charge is 0.423 e. The number of rotatable bonds is 4. The molecule has 0 aromatic heterocycles. The molecule has 3 rings (SSSR count). The Hall–Kier alpha value is -3.20. The maximum Gasteiger partial charge on any atom is 0.343 e. The molecule has 3 aromatic carbocycles. The second kappa shape index (κ2) is 7.14. The van der Waals surface area contributed by atoms with E-state index in [9.17, 15) is 9.59 Å². The highest BCUT2D eigenvalue weighted by atomic mass is 16.5. The first-order chi connectivity index (χ1) is 12.0. The van der Waals surface area contributed by atoms with E-state index in [0.29, 0.717) is 22.4 Å². The average Bonchev–Trinajstić information content (AvgIpc) is 2.65. The van der Waals surface area contributed by atoms with Gasteiger partial charge in [0, 0.05) is 11.1 Å². The second-order valence-electron chi connectivity index (χ2n) is 5.91. The molecule has 25 heavy (non-hydrogen) atoms. The molecule has 3 nitrogen and oxygen atoms in total. The lowest BCUT2D eigenvalue weighted by Gasteiger charge is -2.07. The molecule has 0 aliphatic heterocycles. The SMILES string of the molecule is Cc1ccc(OC(=O)c2ccc(C(=O)c3ccccc3)cc2)cc1C. The quantitative estimate of drug-likeness (QED) is 0.394. The maximum atomic E-state index is 12.4. The summed E-state index contributed by atoms with van der Waals surface area (Å²) in [6.07, 6.45) is 0. The number of ketones is 1. The molecule has 3 heteroatoms. The van der Waals surface area contributed by atoms with Crippen LogP contribution in [0.1, 0.15) is 37.4 Å². The van der Waals surface area contributed by atoms with Gasteiger partial charge in [-0.15, -0.1) is 0 Å². The molecule has 0 saturated heterocycles. The van der Waals surface area contributed by atoms with Gasteiger partial charge in [-0.25, -0.2) is 4.79 Å². The lowest BCUT2D eigenvalue weighted by Crippen LogP contribution is -2.09. The minimum absolute atomic E-state index is 0.0744. The van der Waals surface area contributed by atoms with Gasteiger partial charge in [0.2, 0.25) is 0 Å². The predicted octanol–water partition coefficient (Wildman–Crippen LogP) is 4.75. The summed E-state index contributed by atoms with van der Waals surface area (Å²) in [6.45, 7) is 3.97. The zero-order chi connectivity index (χ0) is 17.8. The predicted molar refractivity (Wildman–Crippen MR) is 97.2 cm³/mol. The van der Waals surface area contributed by atoms with Crippen molar-refractivity contribution in [2.75, 3.05) is 0 Å². The first-order valence-electron chi connectivity index (χ1n) is 8.04. The van der Waals surface area contributed by atoms with E-state index in [4.69, 9.17) is 4.74 Å². The van der Waals surface area contributed by atoms with Crippen molar-refractivity contribution in [1.29, 1.82) is 0 Å². The van der Waals surface area contributed by atoms with E-state index in [-0.39, 0.29) is 5.78 Å². The molecule has 3 aromatic rings. The van der Waals surface area contributed by atoms with E-state index in [1.165, 1.54) is 0 Å². The third kappa shape index (κ3) is 3.83. The Bertz CT molecular complexity index is 910. The fraction of sp³-hybridized carbons (Fsp3) is 0.0909. The first kappa shape index (κ1) is 16.7. The third-order valence-electron chi connectivity index (χ3n) is 4.11. The van der Waals surface area contributed by atoms with Crippen molar-refractivity contribution in [3.05, 3.63) is 101 Å². The lowest BCUT2D eigenvalue weighted by atomic mass is 10.0. The van der Waals surface area contributed by atoms with Gasteiger partial charge in [-0.2, -0.15) is 0 Å². The van der Waals surface area contributed by atoms with Gasteiger partial charge in [0.25, 0.3) is 0 Å². The highest BCUT2D eigenvalue weighted by molar-refractivity contribution is 6.09. The van der Waals surface area contributed by atoms with Gasteiger partial charge >= 0.3 is 5.97 Å². The smallest absolute Gasteiger partial charge is 0.343 e. The molecule has 0 atom stereocenters. The standard InChI is InChI=1S/C22H18O3/c1-15-8-13-20(14-16(15)2)25-22(24)19-11-9-18(10-12-19)21(23)17-6-4-3-5-7-17/h3-14H,1-2H3. The molecule has 0 aliphatic carbocycles. The lowest BCUT2D eigenvalue weighted by molar-refractivity contribution is 0.0734. The summed E-state index contributed by atoms with van der Waals surface area (Å²) in [5, 5.41) is 0. The summed E-state index contributed by atoms with van der Waals surface area (Å²) < 4.78 is 5.40. The summed E-state index contributed by atoms with van der Waals surface area (Å²) >= 11 is 0. The first-order valence-corrected chi connectivity index (χ1v) is 8.04. The van der Waals surface area contributed by atoms with Crippen molar-refractivity contribution in [1.82, 2.24) is 0 Å². The van der Waals surface area contributed by atoms with Crippen molar-refractivity contribution >= 4 is 11.8 Å². The molecular weight excluding hydrogens is 312 g/mol. The van der Waals surface area contributed by atoms with E-state index in [2.05, 4.69) is 0 Å². The highest BCUT2D eigenvalue weighted by Crippen LogP contribution is 2.18. The van der Waals surface area contributed by atoms with Gasteiger partial charge in [-0.3, -0.25) is 4.79 Å². The van der Waals surface area contributed by atoms with Crippen LogP contribution >= 0.6 is 0 Å². The normalized spacial score (nSPS) is 10.3. The number of hydrogen-bond donors (Lipinski definition) is 0. The number of esters is 1. The molecule has 0 radical (unpaired) electrons. The number of carbonyl (C=O) groups is 2. The summed E-state index contributed by atoms with van der Waals surface area (Å²) in [5.74, 6) is -0.00539. The Morgan fingerprint density at radius 1 is 0.680 bits per heavy atom. The number of benzene rings is 3. The van der Waals surface area contributed by atoms with E-state index >= 15 is 0 Å². The molecule has 0 amide bonds. The van der Waals surface area contributed by atoms with E-state index in [1.54, 1.807) is 42.5 Å². The average molecular weight is 330 g/mol. The molecule has 0 spiro atoms. The van der Waals surface area contributed by atoms with Crippen LogP contribution in [0.3, 0.4) is 0 Å². The minimum Gasteiger partial charge on any atom is -0.423 e. The Balaban J connectivity index is 1.74. The molecule has 0 N–H and O–H groups in total. The number of ether oxygens (including phenoxy) is 1. The molecule has 0 fully saturated rings. The Labute approximate surface area is 146 Å². The van der Waals surface area contributed by atoms with Gasteiger partial charge in [-0.05, 0) is 49.2 Å². The Morgan fingerprint density at radius 2 is 1.28 bits per heavy atom. The monoisotopic (exact) mass is 330 g/mol. The van der Waals surface area contributed by atoms with Crippen LogP contribution in [-0.2, 0) is 0 Å². The van der Waals surface area contributed by atoms with Crippen LogP contribution in [0.4, 0.5) is 0 Å². The summed E-state index contributed by atoms with van der Waals surface area (Å²) in [4.78, 5) is 24.6. The van der Waals surface area contributed by atoms with Gasteiger partial charge in [-0.1, -0.05) is 48.5 Å². The molecule has 0 heterocycles. The summed E-state index contributed by atoms with van der Waals surface area (Å²) in [7, 11) is 0. The van der Waals surface area contributed by atoms with Gasteiger partial charge in [0.05, 0.1) is 5.56 Å². The van der Waals surface area contributed by atoms with Gasteiger partial charge in [0.15, 0.2) is 5.78 Å². The number of aryl methyl sites for hydroxylation is 2. The van der Waals surface area contributed by atoms with Crippen molar-refractivity contribution in [3.8, 4) is 5.75 Å². The molecule has 0 unspecified atom stereocenters. The van der Waals surface area contributed by atoms with Crippen LogP contribution < -0.4 is 4.74 Å². The Morgan fingerprint density at radius 3 is 1.92 bits per heavy atom. The third-order valence-corrected chi connectivity index (χ3v) is 4.11. The van der Waals surface area contributed by atoms with Crippen LogP contribution in [0.5, 0.6) is 5.75 Å². The zero-order valence-corrected chi connectivity index (χ0v) is 14.2. The summed E-state index contributed by atoms with van der Waals surface area (Å²) in [5.41, 5.74) is 3.77. The van der Waals surface area contributed by atoms with Crippen LogP contribution in [0.25, 0.3) is 0 Å². The highest BCUT2D eigenvalue weighted by Gasteiger charge is 2.12. The topological polar surface area (TPSA) is 43.4 Å². The van der Waals surface area contributed by atoms with Crippen molar-refractivity contribution in [2.45, 2.75) is 13.8 Å². The maximum absolute atomic E-state index is 12.4. The van der Waals surface area contributed by atoms with Gasteiger partial charge in [0.1, 0.15) is 5.75 Å². The molecule has 0 bridgehead atoms. The van der Waals surface area contributed by atoms with E-state index < -0.39 is 5.97 Å². The fourth-order valence-electron chi connectivity index (χ4n) is 2.46.